The monoisotopic (exact) mass is 368 g/mol. The first kappa shape index (κ1) is 15.6. The Balaban J connectivity index is 1.90. The van der Waals surface area contributed by atoms with E-state index in [0.717, 1.165) is 20.8 Å². The third-order valence-electron chi connectivity index (χ3n) is 3.87. The van der Waals surface area contributed by atoms with Gasteiger partial charge in [0.25, 0.3) is 5.91 Å². The molecule has 4 heteroatoms. The first-order valence-corrected chi connectivity index (χ1v) is 8.19. The Morgan fingerprint density at radius 3 is 2.65 bits per heavy atom. The Kier molecular flexibility index (Phi) is 4.35. The van der Waals surface area contributed by atoms with Crippen LogP contribution in [0.1, 0.15) is 28.9 Å². The van der Waals surface area contributed by atoms with Gasteiger partial charge in [-0.05, 0) is 57.4 Å². The Labute approximate surface area is 143 Å². The van der Waals surface area contributed by atoms with Crippen LogP contribution in [0, 0.1) is 0 Å². The van der Waals surface area contributed by atoms with Crippen molar-refractivity contribution in [1.82, 2.24) is 5.32 Å². The van der Waals surface area contributed by atoms with Crippen LogP contribution < -0.4 is 11.1 Å². The number of hydrogen-bond donors (Lipinski definition) is 2. The number of carbonyl (C=O) groups excluding carboxylic acids is 1. The van der Waals surface area contributed by atoms with Crippen molar-refractivity contribution in [2.75, 3.05) is 5.73 Å². The molecule has 3 N–H and O–H groups in total. The molecule has 3 rings (SSSR count). The van der Waals surface area contributed by atoms with Gasteiger partial charge in [0.05, 0.1) is 11.6 Å². The maximum Gasteiger partial charge on any atom is 0.252 e. The Bertz CT molecular complexity index is 871. The van der Waals surface area contributed by atoms with Gasteiger partial charge < -0.3 is 11.1 Å². The maximum atomic E-state index is 12.5. The molecular formula is C19H17BrN2O. The molecule has 3 nitrogen and oxygen atoms in total. The Hall–Kier alpha value is -2.33. The number of anilines is 1. The van der Waals surface area contributed by atoms with Crippen LogP contribution in [0.25, 0.3) is 10.8 Å². The minimum atomic E-state index is -0.149. The van der Waals surface area contributed by atoms with E-state index < -0.39 is 0 Å². The van der Waals surface area contributed by atoms with Crippen molar-refractivity contribution in [1.29, 1.82) is 0 Å². The van der Waals surface area contributed by atoms with Crippen molar-refractivity contribution in [2.45, 2.75) is 13.0 Å². The van der Waals surface area contributed by atoms with Crippen molar-refractivity contribution >= 4 is 38.3 Å². The molecule has 0 aliphatic carbocycles. The average molecular weight is 369 g/mol. The molecule has 0 saturated heterocycles. The molecule has 0 aliphatic rings. The van der Waals surface area contributed by atoms with Crippen LogP contribution in [0.15, 0.2) is 65.1 Å². The first-order chi connectivity index (χ1) is 11.1. The van der Waals surface area contributed by atoms with E-state index in [4.69, 9.17) is 5.73 Å². The van der Waals surface area contributed by atoms with Gasteiger partial charge in [-0.25, -0.2) is 0 Å². The molecule has 3 aromatic carbocycles. The number of nitrogen functional groups attached to an aromatic ring is 1. The maximum absolute atomic E-state index is 12.5. The fourth-order valence-corrected chi connectivity index (χ4v) is 3.12. The topological polar surface area (TPSA) is 55.1 Å². The SMILES string of the molecule is C[C@@H](NC(=O)c1cc(N)ccc1Br)c1cccc2ccccc12. The van der Waals surface area contributed by atoms with Crippen molar-refractivity contribution in [3.8, 4) is 0 Å². The van der Waals surface area contributed by atoms with Crippen LogP contribution in [-0.4, -0.2) is 5.91 Å². The molecule has 0 radical (unpaired) electrons. The Morgan fingerprint density at radius 1 is 1.09 bits per heavy atom. The van der Waals surface area contributed by atoms with Gasteiger partial charge in [-0.2, -0.15) is 0 Å². The third kappa shape index (κ3) is 3.22. The quantitative estimate of drug-likeness (QED) is 0.659. The number of rotatable bonds is 3. The summed E-state index contributed by atoms with van der Waals surface area (Å²) in [5.74, 6) is -0.149. The number of halogens is 1. The summed E-state index contributed by atoms with van der Waals surface area (Å²) in [6.07, 6.45) is 0. The van der Waals surface area contributed by atoms with Gasteiger partial charge in [-0.3, -0.25) is 4.79 Å². The third-order valence-corrected chi connectivity index (χ3v) is 4.56. The lowest BCUT2D eigenvalue weighted by Crippen LogP contribution is -2.27. The Morgan fingerprint density at radius 2 is 1.83 bits per heavy atom. The fraction of sp³-hybridized carbons (Fsp3) is 0.105. The lowest BCUT2D eigenvalue weighted by molar-refractivity contribution is 0.0939. The van der Waals surface area contributed by atoms with E-state index in [0.29, 0.717) is 11.3 Å². The molecule has 0 bridgehead atoms. The molecule has 3 aromatic rings. The second kappa shape index (κ2) is 6.42. The predicted molar refractivity (Wildman–Crippen MR) is 98.4 cm³/mol. The van der Waals surface area contributed by atoms with E-state index in [2.05, 4.69) is 39.4 Å². The zero-order valence-corrected chi connectivity index (χ0v) is 14.3. The molecule has 116 valence electrons. The van der Waals surface area contributed by atoms with Gasteiger partial charge in [0.2, 0.25) is 0 Å². The smallest absolute Gasteiger partial charge is 0.252 e. The fourth-order valence-electron chi connectivity index (χ4n) is 2.70. The van der Waals surface area contributed by atoms with Gasteiger partial charge in [0.15, 0.2) is 0 Å². The lowest BCUT2D eigenvalue weighted by Gasteiger charge is -2.17. The van der Waals surface area contributed by atoms with Crippen LogP contribution >= 0.6 is 15.9 Å². The van der Waals surface area contributed by atoms with Crippen molar-refractivity contribution in [3.05, 3.63) is 76.3 Å². The lowest BCUT2D eigenvalue weighted by atomic mass is 9.99. The highest BCUT2D eigenvalue weighted by atomic mass is 79.9. The van der Waals surface area contributed by atoms with E-state index in [9.17, 15) is 4.79 Å². The summed E-state index contributed by atoms with van der Waals surface area (Å²) in [5.41, 5.74) is 7.98. The van der Waals surface area contributed by atoms with Crippen LogP contribution in [0.3, 0.4) is 0 Å². The normalized spacial score (nSPS) is 12.1. The van der Waals surface area contributed by atoms with E-state index in [1.807, 2.05) is 31.2 Å². The second-order valence-electron chi connectivity index (χ2n) is 5.50. The molecule has 0 unspecified atom stereocenters. The molecule has 0 heterocycles. The van der Waals surface area contributed by atoms with Gasteiger partial charge >= 0.3 is 0 Å². The summed E-state index contributed by atoms with van der Waals surface area (Å²) in [6, 6.07) is 19.4. The molecule has 1 atom stereocenters. The van der Waals surface area contributed by atoms with Gasteiger partial charge in [-0.15, -0.1) is 0 Å². The minimum absolute atomic E-state index is 0.109. The van der Waals surface area contributed by atoms with Crippen LogP contribution in [-0.2, 0) is 0 Å². The summed E-state index contributed by atoms with van der Waals surface area (Å²) in [6.45, 7) is 1.99. The number of fused-ring (bicyclic) bond motifs is 1. The molecule has 0 aliphatic heterocycles. The minimum Gasteiger partial charge on any atom is -0.399 e. The highest BCUT2D eigenvalue weighted by Gasteiger charge is 2.15. The van der Waals surface area contributed by atoms with Crippen LogP contribution in [0.5, 0.6) is 0 Å². The number of hydrogen-bond acceptors (Lipinski definition) is 2. The highest BCUT2D eigenvalue weighted by molar-refractivity contribution is 9.10. The number of amides is 1. The second-order valence-corrected chi connectivity index (χ2v) is 6.36. The largest absolute Gasteiger partial charge is 0.399 e. The van der Waals surface area contributed by atoms with Crippen molar-refractivity contribution in [2.24, 2.45) is 0 Å². The number of carbonyl (C=O) groups is 1. The standard InChI is InChI=1S/C19H17BrN2O/c1-12(15-8-4-6-13-5-2-3-7-16(13)15)22-19(23)17-11-14(21)9-10-18(17)20/h2-12H,21H2,1H3,(H,22,23)/t12-/m1/s1. The zero-order valence-electron chi connectivity index (χ0n) is 12.7. The summed E-state index contributed by atoms with van der Waals surface area (Å²) in [5, 5.41) is 5.36. The van der Waals surface area contributed by atoms with E-state index in [1.54, 1.807) is 18.2 Å². The molecular weight excluding hydrogens is 352 g/mol. The van der Waals surface area contributed by atoms with E-state index in [1.165, 1.54) is 0 Å². The van der Waals surface area contributed by atoms with Crippen molar-refractivity contribution in [3.63, 3.8) is 0 Å². The predicted octanol–water partition coefficient (Wildman–Crippen LogP) is 4.68. The molecule has 0 aromatic heterocycles. The molecule has 0 fully saturated rings. The van der Waals surface area contributed by atoms with Crippen LogP contribution in [0.4, 0.5) is 5.69 Å². The van der Waals surface area contributed by atoms with Crippen LogP contribution in [0.2, 0.25) is 0 Å². The summed E-state index contributed by atoms with van der Waals surface area (Å²) >= 11 is 3.40. The molecule has 1 amide bonds. The van der Waals surface area contributed by atoms with Gasteiger partial charge in [-0.1, -0.05) is 42.5 Å². The molecule has 0 saturated carbocycles. The average Bonchev–Trinajstić information content (AvgIpc) is 2.56. The summed E-state index contributed by atoms with van der Waals surface area (Å²) in [7, 11) is 0. The zero-order chi connectivity index (χ0) is 16.4. The highest BCUT2D eigenvalue weighted by Crippen LogP contribution is 2.25. The number of nitrogens with one attached hydrogen (secondary N) is 1. The molecule has 23 heavy (non-hydrogen) atoms. The van der Waals surface area contributed by atoms with Gasteiger partial charge in [0.1, 0.15) is 0 Å². The molecule has 0 spiro atoms. The van der Waals surface area contributed by atoms with Crippen molar-refractivity contribution < 1.29 is 4.79 Å². The number of nitrogens with two attached hydrogens (primary N) is 1. The summed E-state index contributed by atoms with van der Waals surface area (Å²) < 4.78 is 0.731. The summed E-state index contributed by atoms with van der Waals surface area (Å²) in [4.78, 5) is 12.5. The number of benzene rings is 3. The first-order valence-electron chi connectivity index (χ1n) is 7.40. The van der Waals surface area contributed by atoms with E-state index >= 15 is 0 Å². The van der Waals surface area contributed by atoms with Gasteiger partial charge in [0, 0.05) is 10.2 Å². The van der Waals surface area contributed by atoms with E-state index in [-0.39, 0.29) is 11.9 Å².